The molecule has 2 aromatic carbocycles. The Bertz CT molecular complexity index is 1000. The highest BCUT2D eigenvalue weighted by atomic mass is 32.2. The van der Waals surface area contributed by atoms with E-state index >= 15 is 0 Å². The molecule has 2 heterocycles. The second-order valence-corrected chi connectivity index (χ2v) is 8.13. The molecule has 6 nitrogen and oxygen atoms in total. The van der Waals surface area contributed by atoms with E-state index < -0.39 is 0 Å². The fraction of sp³-hybridized carbons (Fsp3) is 0.318. The number of nitrogens with zero attached hydrogens (tertiary/aromatic N) is 3. The molecule has 1 atom stereocenters. The number of amides is 1. The molecule has 1 amide bonds. The number of aromatic nitrogens is 2. The topological polar surface area (TPSA) is 68.5 Å². The number of carbonyl (C=O) groups excluding carboxylic acids is 1. The molecule has 1 aliphatic rings. The van der Waals surface area contributed by atoms with Gasteiger partial charge in [0.05, 0.1) is 12.0 Å². The van der Waals surface area contributed by atoms with Crippen LogP contribution in [0.3, 0.4) is 0 Å². The maximum Gasteiger partial charge on any atom is 0.232 e. The van der Waals surface area contributed by atoms with E-state index in [9.17, 15) is 4.79 Å². The summed E-state index contributed by atoms with van der Waals surface area (Å²) in [6.07, 6.45) is 2.51. The zero-order chi connectivity index (χ0) is 20.4. The number of carbonyl (C=O) groups is 1. The van der Waals surface area contributed by atoms with Gasteiger partial charge in [-0.25, -0.2) is 0 Å². The van der Waals surface area contributed by atoms with Crippen LogP contribution in [0.4, 0.5) is 5.69 Å². The van der Waals surface area contributed by atoms with Crippen molar-refractivity contribution in [3.05, 3.63) is 54.4 Å². The number of hydrogen-bond acceptors (Lipinski definition) is 6. The van der Waals surface area contributed by atoms with Gasteiger partial charge in [0.2, 0.25) is 17.6 Å². The van der Waals surface area contributed by atoms with Crippen molar-refractivity contribution >= 4 is 23.4 Å². The van der Waals surface area contributed by atoms with Crippen molar-refractivity contribution in [2.45, 2.75) is 37.2 Å². The van der Waals surface area contributed by atoms with E-state index in [-0.39, 0.29) is 17.9 Å². The Labute approximate surface area is 174 Å². The molecule has 3 aromatic rings. The van der Waals surface area contributed by atoms with Crippen LogP contribution in [0.25, 0.3) is 11.4 Å². The SMILES string of the molecule is CSc1cccc(N2CC(c3nc(-c4ccc(OC(C)C)cc4)no3)CC2=O)c1. The Hall–Kier alpha value is -2.80. The van der Waals surface area contributed by atoms with Gasteiger partial charge in [0.1, 0.15) is 5.75 Å². The van der Waals surface area contributed by atoms with E-state index in [1.54, 1.807) is 16.7 Å². The van der Waals surface area contributed by atoms with Crippen LogP contribution in [0.1, 0.15) is 32.1 Å². The van der Waals surface area contributed by atoms with Gasteiger partial charge in [0, 0.05) is 29.1 Å². The molecule has 0 radical (unpaired) electrons. The number of anilines is 1. The number of ether oxygens (including phenoxy) is 1. The van der Waals surface area contributed by atoms with E-state index in [1.165, 1.54) is 0 Å². The molecule has 1 aliphatic heterocycles. The van der Waals surface area contributed by atoms with E-state index in [1.807, 2.05) is 68.6 Å². The molecule has 1 saturated heterocycles. The highest BCUT2D eigenvalue weighted by Crippen LogP contribution is 2.33. The Morgan fingerprint density at radius 3 is 2.72 bits per heavy atom. The average molecular weight is 410 g/mol. The quantitative estimate of drug-likeness (QED) is 0.547. The van der Waals surface area contributed by atoms with Gasteiger partial charge in [-0.2, -0.15) is 4.98 Å². The predicted molar refractivity (Wildman–Crippen MR) is 113 cm³/mol. The monoisotopic (exact) mass is 409 g/mol. The molecule has 1 fully saturated rings. The Morgan fingerprint density at radius 1 is 1.21 bits per heavy atom. The first-order chi connectivity index (χ1) is 14.0. The minimum absolute atomic E-state index is 0.0724. The third kappa shape index (κ3) is 4.29. The first kappa shape index (κ1) is 19.5. The highest BCUT2D eigenvalue weighted by molar-refractivity contribution is 7.98. The Morgan fingerprint density at radius 2 is 2.00 bits per heavy atom. The molecule has 29 heavy (non-hydrogen) atoms. The van der Waals surface area contributed by atoms with Crippen molar-refractivity contribution in [1.82, 2.24) is 10.1 Å². The minimum Gasteiger partial charge on any atom is -0.491 e. The molecule has 0 aliphatic carbocycles. The van der Waals surface area contributed by atoms with Gasteiger partial charge in [0.15, 0.2) is 0 Å². The summed E-state index contributed by atoms with van der Waals surface area (Å²) >= 11 is 1.66. The Kier molecular flexibility index (Phi) is 5.58. The average Bonchev–Trinajstić information content (AvgIpc) is 3.35. The van der Waals surface area contributed by atoms with Gasteiger partial charge >= 0.3 is 0 Å². The molecule has 0 bridgehead atoms. The zero-order valence-corrected chi connectivity index (χ0v) is 17.5. The second kappa shape index (κ2) is 8.29. The molecular formula is C22H23N3O3S. The number of thioether (sulfide) groups is 1. The summed E-state index contributed by atoms with van der Waals surface area (Å²) in [6, 6.07) is 15.6. The molecule has 0 spiro atoms. The first-order valence-corrected chi connectivity index (χ1v) is 10.8. The normalized spacial score (nSPS) is 16.6. The lowest BCUT2D eigenvalue weighted by Gasteiger charge is -2.16. The largest absolute Gasteiger partial charge is 0.491 e. The lowest BCUT2D eigenvalue weighted by atomic mass is 10.1. The molecule has 0 N–H and O–H groups in total. The first-order valence-electron chi connectivity index (χ1n) is 9.58. The summed E-state index contributed by atoms with van der Waals surface area (Å²) in [5.41, 5.74) is 1.76. The van der Waals surface area contributed by atoms with Crippen LogP contribution in [-0.2, 0) is 4.79 Å². The molecule has 7 heteroatoms. The summed E-state index contributed by atoms with van der Waals surface area (Å²) in [6.45, 7) is 4.52. The van der Waals surface area contributed by atoms with Gasteiger partial charge in [-0.1, -0.05) is 11.2 Å². The standard InChI is InChI=1S/C22H23N3O3S/c1-14(2)27-18-9-7-15(8-10-18)21-23-22(28-24-21)16-11-20(26)25(13-16)17-5-4-6-19(12-17)29-3/h4-10,12,14,16H,11,13H2,1-3H3. The molecule has 4 rings (SSSR count). The van der Waals surface area contributed by atoms with Crippen LogP contribution >= 0.6 is 11.8 Å². The van der Waals surface area contributed by atoms with Gasteiger partial charge in [-0.05, 0) is 62.6 Å². The van der Waals surface area contributed by atoms with Crippen LogP contribution in [0.15, 0.2) is 57.9 Å². The molecular weight excluding hydrogens is 386 g/mol. The van der Waals surface area contributed by atoms with Crippen LogP contribution < -0.4 is 9.64 Å². The van der Waals surface area contributed by atoms with Crippen LogP contribution in [0, 0.1) is 0 Å². The molecule has 1 unspecified atom stereocenters. The van der Waals surface area contributed by atoms with Crippen molar-refractivity contribution in [3.63, 3.8) is 0 Å². The van der Waals surface area contributed by atoms with Crippen molar-refractivity contribution < 1.29 is 14.1 Å². The third-order valence-electron chi connectivity index (χ3n) is 4.77. The van der Waals surface area contributed by atoms with Gasteiger partial charge in [-0.15, -0.1) is 11.8 Å². The van der Waals surface area contributed by atoms with Gasteiger partial charge in [-0.3, -0.25) is 4.79 Å². The highest BCUT2D eigenvalue weighted by Gasteiger charge is 2.35. The van der Waals surface area contributed by atoms with E-state index in [4.69, 9.17) is 9.26 Å². The lowest BCUT2D eigenvalue weighted by Crippen LogP contribution is -2.24. The maximum atomic E-state index is 12.6. The van der Waals surface area contributed by atoms with E-state index in [0.29, 0.717) is 24.7 Å². The van der Waals surface area contributed by atoms with Crippen molar-refractivity contribution in [3.8, 4) is 17.1 Å². The smallest absolute Gasteiger partial charge is 0.232 e. The van der Waals surface area contributed by atoms with Crippen molar-refractivity contribution in [2.24, 2.45) is 0 Å². The van der Waals surface area contributed by atoms with Crippen LogP contribution in [-0.4, -0.2) is 35.0 Å². The minimum atomic E-state index is -0.106. The molecule has 1 aromatic heterocycles. The number of rotatable bonds is 6. The third-order valence-corrected chi connectivity index (χ3v) is 5.49. The number of benzene rings is 2. The van der Waals surface area contributed by atoms with Crippen LogP contribution in [0.5, 0.6) is 5.75 Å². The summed E-state index contributed by atoms with van der Waals surface area (Å²) in [7, 11) is 0. The summed E-state index contributed by atoms with van der Waals surface area (Å²) in [5.74, 6) is 1.79. The van der Waals surface area contributed by atoms with E-state index in [2.05, 4.69) is 10.1 Å². The molecule has 150 valence electrons. The second-order valence-electron chi connectivity index (χ2n) is 7.25. The maximum absolute atomic E-state index is 12.6. The van der Waals surface area contributed by atoms with Gasteiger partial charge < -0.3 is 14.2 Å². The summed E-state index contributed by atoms with van der Waals surface area (Å²) in [5, 5.41) is 4.11. The fourth-order valence-corrected chi connectivity index (χ4v) is 3.83. The predicted octanol–water partition coefficient (Wildman–Crippen LogP) is 4.77. The van der Waals surface area contributed by atoms with Gasteiger partial charge in [0.25, 0.3) is 0 Å². The van der Waals surface area contributed by atoms with Crippen molar-refractivity contribution in [2.75, 3.05) is 17.7 Å². The summed E-state index contributed by atoms with van der Waals surface area (Å²) in [4.78, 5) is 20.0. The summed E-state index contributed by atoms with van der Waals surface area (Å²) < 4.78 is 11.2. The van der Waals surface area contributed by atoms with E-state index in [0.717, 1.165) is 21.9 Å². The van der Waals surface area contributed by atoms with Crippen LogP contribution in [0.2, 0.25) is 0 Å². The Balaban J connectivity index is 1.49. The fourth-order valence-electron chi connectivity index (χ4n) is 3.37. The van der Waals surface area contributed by atoms with Crippen molar-refractivity contribution in [1.29, 1.82) is 0 Å². The number of hydrogen-bond donors (Lipinski definition) is 0. The lowest BCUT2D eigenvalue weighted by molar-refractivity contribution is -0.117. The molecule has 0 saturated carbocycles. The zero-order valence-electron chi connectivity index (χ0n) is 16.7.